The van der Waals surface area contributed by atoms with E-state index in [1.807, 2.05) is 0 Å². The van der Waals surface area contributed by atoms with Gasteiger partial charge in [-0.3, -0.25) is 4.79 Å². The Morgan fingerprint density at radius 3 is 2.53 bits per heavy atom. The number of carbonyl (C=O) groups excluding carboxylic acids is 2. The number of ketones is 1. The molecule has 0 aliphatic heterocycles. The highest BCUT2D eigenvalue weighted by atomic mass is 16.6. The summed E-state index contributed by atoms with van der Waals surface area (Å²) in [5.41, 5.74) is -0.749. The second-order valence-electron chi connectivity index (χ2n) is 4.37. The van der Waals surface area contributed by atoms with Crippen molar-refractivity contribution in [3.8, 4) is 0 Å². The Morgan fingerprint density at radius 2 is 2.06 bits per heavy atom. The molecular formula is C12H14O5. The normalized spacial score (nSPS) is 12.3. The third-order valence-electron chi connectivity index (χ3n) is 1.64. The summed E-state index contributed by atoms with van der Waals surface area (Å²) < 4.78 is 9.70. The zero-order valence-corrected chi connectivity index (χ0v) is 9.89. The van der Waals surface area contributed by atoms with Gasteiger partial charge in [-0.05, 0) is 32.9 Å². The number of aliphatic hydroxyl groups is 1. The van der Waals surface area contributed by atoms with Crippen LogP contribution >= 0.6 is 0 Å². The van der Waals surface area contributed by atoms with Crippen LogP contribution in [0.5, 0.6) is 0 Å². The van der Waals surface area contributed by atoms with E-state index in [1.165, 1.54) is 12.3 Å². The molecule has 0 saturated carbocycles. The van der Waals surface area contributed by atoms with Crippen molar-refractivity contribution in [3.05, 3.63) is 30.2 Å². The fourth-order valence-electron chi connectivity index (χ4n) is 1.01. The van der Waals surface area contributed by atoms with Gasteiger partial charge in [-0.25, -0.2) is 4.79 Å². The molecule has 0 radical (unpaired) electrons. The number of hydrogen-bond acceptors (Lipinski definition) is 5. The Kier molecular flexibility index (Phi) is 3.73. The Morgan fingerprint density at radius 1 is 1.41 bits per heavy atom. The molecule has 0 bridgehead atoms. The van der Waals surface area contributed by atoms with E-state index in [1.54, 1.807) is 26.8 Å². The van der Waals surface area contributed by atoms with E-state index in [2.05, 4.69) is 0 Å². The zero-order chi connectivity index (χ0) is 13.1. The quantitative estimate of drug-likeness (QED) is 0.377. The molecule has 5 heteroatoms. The Labute approximate surface area is 98.7 Å². The summed E-state index contributed by atoms with van der Waals surface area (Å²) in [6.07, 6.45) is 2.12. The van der Waals surface area contributed by atoms with Crippen molar-refractivity contribution in [1.82, 2.24) is 0 Å². The molecular weight excluding hydrogens is 224 g/mol. The van der Waals surface area contributed by atoms with Gasteiger partial charge in [0.25, 0.3) is 5.78 Å². The average molecular weight is 238 g/mol. The number of carbonyl (C=O) groups is 2. The van der Waals surface area contributed by atoms with Crippen LogP contribution in [0.2, 0.25) is 0 Å². The first-order chi connectivity index (χ1) is 7.79. The predicted octanol–water partition coefficient (Wildman–Crippen LogP) is 2.09. The molecule has 0 amide bonds. The summed E-state index contributed by atoms with van der Waals surface area (Å²) in [5, 5.41) is 9.47. The van der Waals surface area contributed by atoms with Gasteiger partial charge in [-0.15, -0.1) is 0 Å². The van der Waals surface area contributed by atoms with E-state index >= 15 is 0 Å². The first-order valence-electron chi connectivity index (χ1n) is 5.01. The standard InChI is InChI=1S/C12H14O5/c1-12(2,3)17-11(15)9(14)7-8(13)10-5-4-6-16-10/h4-7,13H,1-3H3. The molecule has 1 aromatic heterocycles. The zero-order valence-electron chi connectivity index (χ0n) is 9.89. The van der Waals surface area contributed by atoms with Crippen molar-refractivity contribution in [1.29, 1.82) is 0 Å². The molecule has 92 valence electrons. The molecule has 0 unspecified atom stereocenters. The molecule has 1 N–H and O–H groups in total. The largest absolute Gasteiger partial charge is 0.504 e. The van der Waals surface area contributed by atoms with Gasteiger partial charge in [0, 0.05) is 6.08 Å². The van der Waals surface area contributed by atoms with Gasteiger partial charge in [0.05, 0.1) is 6.26 Å². The number of aliphatic hydroxyl groups excluding tert-OH is 1. The molecule has 1 rings (SSSR count). The van der Waals surface area contributed by atoms with Crippen LogP contribution in [0.15, 0.2) is 28.9 Å². The number of hydrogen-bond donors (Lipinski definition) is 1. The van der Waals surface area contributed by atoms with Crippen LogP contribution < -0.4 is 0 Å². The molecule has 17 heavy (non-hydrogen) atoms. The van der Waals surface area contributed by atoms with Crippen LogP contribution in [0.4, 0.5) is 0 Å². The lowest BCUT2D eigenvalue weighted by Crippen LogP contribution is -2.28. The lowest BCUT2D eigenvalue weighted by atomic mass is 10.2. The van der Waals surface area contributed by atoms with Gasteiger partial charge in [0.1, 0.15) is 5.60 Å². The highest BCUT2D eigenvalue weighted by Gasteiger charge is 2.22. The molecule has 0 spiro atoms. The minimum absolute atomic E-state index is 0.113. The van der Waals surface area contributed by atoms with Crippen LogP contribution in [0.1, 0.15) is 26.5 Å². The SMILES string of the molecule is CC(C)(C)OC(=O)C(=O)C=C(O)c1ccco1. The second kappa shape index (κ2) is 4.86. The molecule has 1 aromatic rings. The van der Waals surface area contributed by atoms with Crippen molar-refractivity contribution in [2.45, 2.75) is 26.4 Å². The van der Waals surface area contributed by atoms with Gasteiger partial charge < -0.3 is 14.3 Å². The third kappa shape index (κ3) is 4.14. The Balaban J connectivity index is 2.72. The summed E-state index contributed by atoms with van der Waals surface area (Å²) in [5.74, 6) is -2.25. The lowest BCUT2D eigenvalue weighted by molar-refractivity contribution is -0.160. The van der Waals surface area contributed by atoms with Gasteiger partial charge >= 0.3 is 5.97 Å². The van der Waals surface area contributed by atoms with Crippen LogP contribution in [-0.4, -0.2) is 22.5 Å². The summed E-state index contributed by atoms with van der Waals surface area (Å²) >= 11 is 0. The first-order valence-corrected chi connectivity index (χ1v) is 5.01. The third-order valence-corrected chi connectivity index (χ3v) is 1.64. The molecule has 1 heterocycles. The first kappa shape index (κ1) is 13.0. The molecule has 0 aliphatic carbocycles. The molecule has 0 aliphatic rings. The van der Waals surface area contributed by atoms with E-state index in [0.717, 1.165) is 6.08 Å². The highest BCUT2D eigenvalue weighted by Crippen LogP contribution is 2.12. The number of ether oxygens (including phenoxy) is 1. The van der Waals surface area contributed by atoms with Gasteiger partial charge in [0.2, 0.25) is 0 Å². The van der Waals surface area contributed by atoms with Crippen LogP contribution in [0.25, 0.3) is 5.76 Å². The second-order valence-corrected chi connectivity index (χ2v) is 4.37. The lowest BCUT2D eigenvalue weighted by Gasteiger charge is -2.18. The van der Waals surface area contributed by atoms with Gasteiger partial charge in [-0.1, -0.05) is 0 Å². The van der Waals surface area contributed by atoms with Gasteiger partial charge in [-0.2, -0.15) is 0 Å². The van der Waals surface area contributed by atoms with Crippen molar-refractivity contribution < 1.29 is 23.8 Å². The van der Waals surface area contributed by atoms with Crippen molar-refractivity contribution >= 4 is 17.5 Å². The van der Waals surface area contributed by atoms with E-state index in [9.17, 15) is 14.7 Å². The van der Waals surface area contributed by atoms with Gasteiger partial charge in [0.15, 0.2) is 11.5 Å². The van der Waals surface area contributed by atoms with Crippen LogP contribution in [0.3, 0.4) is 0 Å². The molecule has 5 nitrogen and oxygen atoms in total. The molecule has 0 atom stereocenters. The van der Waals surface area contributed by atoms with E-state index < -0.39 is 23.1 Å². The van der Waals surface area contributed by atoms with Crippen LogP contribution in [-0.2, 0) is 14.3 Å². The van der Waals surface area contributed by atoms with E-state index in [4.69, 9.17) is 9.15 Å². The summed E-state index contributed by atoms with van der Waals surface area (Å²) in [6, 6.07) is 3.02. The Hall–Kier alpha value is -2.04. The molecule has 0 fully saturated rings. The monoisotopic (exact) mass is 238 g/mol. The van der Waals surface area contributed by atoms with Crippen molar-refractivity contribution in [3.63, 3.8) is 0 Å². The van der Waals surface area contributed by atoms with Crippen LogP contribution in [0, 0.1) is 0 Å². The summed E-state index contributed by atoms with van der Waals surface area (Å²) in [4.78, 5) is 22.7. The minimum Gasteiger partial charge on any atom is -0.504 e. The fourth-order valence-corrected chi connectivity index (χ4v) is 1.01. The Bertz CT molecular complexity index is 434. The average Bonchev–Trinajstić information content (AvgIpc) is 2.67. The predicted molar refractivity (Wildman–Crippen MR) is 60.2 cm³/mol. The van der Waals surface area contributed by atoms with E-state index in [-0.39, 0.29) is 5.76 Å². The van der Waals surface area contributed by atoms with Crippen molar-refractivity contribution in [2.75, 3.05) is 0 Å². The number of rotatable bonds is 3. The fraction of sp³-hybridized carbons (Fsp3) is 0.333. The maximum absolute atomic E-state index is 11.4. The van der Waals surface area contributed by atoms with E-state index in [0.29, 0.717) is 0 Å². The summed E-state index contributed by atoms with van der Waals surface area (Å²) in [7, 11) is 0. The topological polar surface area (TPSA) is 76.7 Å². The van der Waals surface area contributed by atoms with Crippen molar-refractivity contribution in [2.24, 2.45) is 0 Å². The minimum atomic E-state index is -1.02. The summed E-state index contributed by atoms with van der Waals surface area (Å²) in [6.45, 7) is 4.94. The smallest absolute Gasteiger partial charge is 0.379 e. The molecule has 0 saturated heterocycles. The highest BCUT2D eigenvalue weighted by molar-refractivity contribution is 6.39. The number of esters is 1. The molecule has 0 aromatic carbocycles. The maximum atomic E-state index is 11.4. The number of furan rings is 1. The maximum Gasteiger partial charge on any atom is 0.379 e.